The second kappa shape index (κ2) is 40.5. The third-order valence-corrected chi connectivity index (χ3v) is 12.5. The van der Waals surface area contributed by atoms with Gasteiger partial charge in [-0.25, -0.2) is 8.78 Å². The van der Waals surface area contributed by atoms with E-state index in [1.165, 1.54) is 17.0 Å². The summed E-state index contributed by atoms with van der Waals surface area (Å²) in [6.07, 6.45) is -0.696. The zero-order valence-electron chi connectivity index (χ0n) is 46.5. The Hall–Kier alpha value is -6.75. The van der Waals surface area contributed by atoms with Crippen molar-refractivity contribution in [2.24, 2.45) is 0 Å². The number of carboxylic acid groups (broad SMARTS) is 4. The number of hydrogen-bond acceptors (Lipinski definition) is 21. The van der Waals surface area contributed by atoms with Gasteiger partial charge in [-0.3, -0.25) is 62.8 Å². The molecule has 472 valence electrons. The lowest BCUT2D eigenvalue weighted by molar-refractivity contribution is -0.145. The molecule has 1 fully saturated rings. The summed E-state index contributed by atoms with van der Waals surface area (Å²) in [7, 11) is 0. The highest BCUT2D eigenvalue weighted by Crippen LogP contribution is 2.27. The van der Waals surface area contributed by atoms with Crippen LogP contribution in [-0.2, 0) is 62.0 Å². The number of ether oxygens (including phenoxy) is 7. The monoisotopic (exact) mass is 1210 g/mol. The number of Topliss-reactive ketones (excluding diaryl/α,β-unsaturated/α-hetero) is 1. The zero-order valence-corrected chi connectivity index (χ0v) is 46.5. The van der Waals surface area contributed by atoms with E-state index < -0.39 is 95.9 Å². The van der Waals surface area contributed by atoms with Crippen molar-refractivity contribution in [3.63, 3.8) is 0 Å². The van der Waals surface area contributed by atoms with Gasteiger partial charge in [-0.2, -0.15) is 8.78 Å². The SMILES string of the molecule is O=C(O)CN1CCN(CC(=O)O)CCN([C@H](CCC(=O)CCCN(CCOCCOCCOCCNC(=O)CCOCCOCCOCCC(=O)Oc2c(F)c(F)cc(F)c2F)C(=O)c2cccc(=O)n2O)C(=O)O)CCN(CC(=O)O)CC1. The number of carboxylic acids is 4. The van der Waals surface area contributed by atoms with Gasteiger partial charge in [-0.1, -0.05) is 6.07 Å². The number of halogens is 4. The summed E-state index contributed by atoms with van der Waals surface area (Å²) < 4.78 is 90.8. The molecular formula is C52H75F4N7O21. The summed E-state index contributed by atoms with van der Waals surface area (Å²) in [5.74, 6) is -15.8. The first kappa shape index (κ1) is 71.5. The molecule has 0 saturated carbocycles. The number of pyridine rings is 1. The van der Waals surface area contributed by atoms with E-state index >= 15 is 0 Å². The third-order valence-electron chi connectivity index (χ3n) is 12.5. The van der Waals surface area contributed by atoms with Crippen LogP contribution in [0, 0.1) is 23.3 Å². The van der Waals surface area contributed by atoms with E-state index in [9.17, 15) is 86.3 Å². The van der Waals surface area contributed by atoms with Gasteiger partial charge in [0.1, 0.15) is 17.5 Å². The van der Waals surface area contributed by atoms with E-state index in [-0.39, 0.29) is 218 Å². The molecule has 28 nitrogen and oxygen atoms in total. The van der Waals surface area contributed by atoms with Gasteiger partial charge in [0.25, 0.3) is 11.5 Å². The number of carbonyl (C=O) groups excluding carboxylic acids is 4. The summed E-state index contributed by atoms with van der Waals surface area (Å²) in [5, 5.41) is 51.9. The molecular weight excluding hydrogens is 1130 g/mol. The van der Waals surface area contributed by atoms with Crippen molar-refractivity contribution in [2.75, 3.05) is 171 Å². The number of rotatable bonds is 41. The number of nitrogens with one attached hydrogen (secondary N) is 1. The number of aliphatic carboxylic acids is 4. The van der Waals surface area contributed by atoms with Crippen LogP contribution < -0.4 is 15.6 Å². The van der Waals surface area contributed by atoms with E-state index in [4.69, 9.17) is 28.4 Å². The molecule has 84 heavy (non-hydrogen) atoms. The first-order valence-electron chi connectivity index (χ1n) is 26.9. The Kier molecular flexibility index (Phi) is 34.5. The molecule has 0 bridgehead atoms. The number of esters is 1. The lowest BCUT2D eigenvalue weighted by Crippen LogP contribution is -2.51. The van der Waals surface area contributed by atoms with Gasteiger partial charge < -0.3 is 69.0 Å². The highest BCUT2D eigenvalue weighted by molar-refractivity contribution is 5.92. The topological polar surface area (TPSA) is 353 Å². The molecule has 1 aliphatic heterocycles. The minimum atomic E-state index is -1.84. The summed E-state index contributed by atoms with van der Waals surface area (Å²) >= 11 is 0. The van der Waals surface area contributed by atoms with Crippen LogP contribution in [0.25, 0.3) is 0 Å². The van der Waals surface area contributed by atoms with Gasteiger partial charge in [0.2, 0.25) is 23.3 Å². The minimum Gasteiger partial charge on any atom is -0.480 e. The molecule has 2 amide bonds. The molecule has 1 aromatic heterocycles. The van der Waals surface area contributed by atoms with Gasteiger partial charge in [-0.05, 0) is 18.9 Å². The molecule has 2 heterocycles. The van der Waals surface area contributed by atoms with E-state index in [0.29, 0.717) is 0 Å². The number of hydrogen-bond donors (Lipinski definition) is 6. The lowest BCUT2D eigenvalue weighted by atomic mass is 10.0. The van der Waals surface area contributed by atoms with Crippen LogP contribution in [-0.4, -0.2) is 279 Å². The second-order valence-electron chi connectivity index (χ2n) is 18.7. The molecule has 1 aliphatic rings. The van der Waals surface area contributed by atoms with Crippen molar-refractivity contribution in [1.29, 1.82) is 0 Å². The van der Waals surface area contributed by atoms with E-state index in [1.807, 2.05) is 0 Å². The molecule has 1 aromatic carbocycles. The van der Waals surface area contributed by atoms with Crippen molar-refractivity contribution in [2.45, 2.75) is 44.6 Å². The van der Waals surface area contributed by atoms with Gasteiger partial charge in [0.15, 0.2) is 11.6 Å². The molecule has 0 spiro atoms. The highest BCUT2D eigenvalue weighted by atomic mass is 19.2. The van der Waals surface area contributed by atoms with E-state index in [0.717, 1.165) is 6.07 Å². The Labute approximate surface area is 480 Å². The van der Waals surface area contributed by atoms with Crippen LogP contribution in [0.2, 0.25) is 0 Å². The second-order valence-corrected chi connectivity index (χ2v) is 18.7. The summed E-state index contributed by atoms with van der Waals surface area (Å²) in [5.41, 5.74) is -1.18. The smallest absolute Gasteiger partial charge is 0.320 e. The van der Waals surface area contributed by atoms with E-state index in [1.54, 1.807) is 19.6 Å². The molecule has 3 rings (SSSR count). The van der Waals surface area contributed by atoms with Crippen LogP contribution in [0.3, 0.4) is 0 Å². The average Bonchev–Trinajstić information content (AvgIpc) is 3.45. The van der Waals surface area contributed by atoms with Crippen molar-refractivity contribution in [1.82, 2.24) is 34.5 Å². The van der Waals surface area contributed by atoms with Crippen molar-refractivity contribution in [3.05, 3.63) is 63.6 Å². The standard InChI is InChI=1S/C52H75F4N7O21/c53-38-33-39(54)49(56)50(48(38)55)84-47(73)9-22-79-26-30-82-29-25-78-21-8-42(65)57-10-23-80-27-31-83-32-28-81-24-20-62(51(74)40-4-1-5-43(66)63(40)77)11-2-3-37(64)6-7-41(52(75)76)61-18-16-59(35-45(69)70)14-12-58(34-44(67)68)13-15-60(17-19-61)36-46(71)72/h1,4-5,33,41,77H,2-3,6-32,34-36H2,(H,57,65)(H,67,68)(H,69,70)(H,71,72)(H,75,76)/t41-/m1/s1. The molecule has 32 heteroatoms. The average molecular weight is 1210 g/mol. The highest BCUT2D eigenvalue weighted by Gasteiger charge is 2.29. The Morgan fingerprint density at radius 1 is 0.571 bits per heavy atom. The molecule has 0 unspecified atom stereocenters. The lowest BCUT2D eigenvalue weighted by Gasteiger charge is -2.35. The van der Waals surface area contributed by atoms with Crippen LogP contribution in [0.4, 0.5) is 17.6 Å². The van der Waals surface area contributed by atoms with Crippen molar-refractivity contribution in [3.8, 4) is 5.75 Å². The Morgan fingerprint density at radius 3 is 1.54 bits per heavy atom. The van der Waals surface area contributed by atoms with Gasteiger partial charge in [-0.15, -0.1) is 4.73 Å². The quantitative estimate of drug-likeness (QED) is 0.0125. The van der Waals surface area contributed by atoms with Crippen LogP contribution in [0.15, 0.2) is 29.1 Å². The number of nitrogens with zero attached hydrogens (tertiary/aromatic N) is 6. The van der Waals surface area contributed by atoms with Crippen molar-refractivity contribution >= 4 is 47.4 Å². The number of amides is 2. The number of carbonyl (C=O) groups is 8. The fourth-order valence-corrected chi connectivity index (χ4v) is 8.12. The largest absolute Gasteiger partial charge is 0.480 e. The fourth-order valence-electron chi connectivity index (χ4n) is 8.12. The fraction of sp³-hybridized carbons (Fsp3) is 0.635. The van der Waals surface area contributed by atoms with Gasteiger partial charge >= 0.3 is 29.8 Å². The van der Waals surface area contributed by atoms with Crippen LogP contribution in [0.1, 0.15) is 49.0 Å². The molecule has 6 N–H and O–H groups in total. The van der Waals surface area contributed by atoms with Crippen LogP contribution in [0.5, 0.6) is 5.75 Å². The predicted octanol–water partition coefficient (Wildman–Crippen LogP) is -0.256. The zero-order chi connectivity index (χ0) is 61.8. The molecule has 0 aliphatic carbocycles. The third kappa shape index (κ3) is 29.2. The molecule has 1 saturated heterocycles. The molecule has 0 radical (unpaired) electrons. The first-order chi connectivity index (χ1) is 40.2. The molecule has 2 aromatic rings. The normalized spacial score (nSPS) is 14.5. The summed E-state index contributed by atoms with van der Waals surface area (Å²) in [6, 6.07) is 2.36. The summed E-state index contributed by atoms with van der Waals surface area (Å²) in [4.78, 5) is 118. The van der Waals surface area contributed by atoms with Crippen molar-refractivity contribution < 1.29 is 115 Å². The Bertz CT molecular complexity index is 2420. The maximum absolute atomic E-state index is 13.6. The van der Waals surface area contributed by atoms with E-state index in [2.05, 4.69) is 10.1 Å². The maximum Gasteiger partial charge on any atom is 0.320 e. The molecule has 1 atom stereocenters. The first-order valence-corrected chi connectivity index (χ1v) is 26.9. The number of aromatic nitrogens is 1. The maximum atomic E-state index is 13.6. The van der Waals surface area contributed by atoms with Gasteiger partial charge in [0.05, 0.1) is 105 Å². The summed E-state index contributed by atoms with van der Waals surface area (Å²) in [6.45, 7) is 0.984. The Morgan fingerprint density at radius 2 is 1.04 bits per heavy atom. The number of benzene rings is 1. The number of ketones is 1. The predicted molar refractivity (Wildman–Crippen MR) is 282 cm³/mol. The Balaban J connectivity index is 1.32. The van der Waals surface area contributed by atoms with Gasteiger partial charge in [0, 0.05) is 103 Å². The van der Waals surface area contributed by atoms with Crippen LogP contribution >= 0.6 is 0 Å². The minimum absolute atomic E-state index is 0.00390.